The van der Waals surface area contributed by atoms with Gasteiger partial charge in [-0.3, -0.25) is 0 Å². The van der Waals surface area contributed by atoms with E-state index in [0.717, 1.165) is 10.9 Å². The lowest BCUT2D eigenvalue weighted by Gasteiger charge is -1.98. The van der Waals surface area contributed by atoms with Crippen molar-refractivity contribution in [3.63, 3.8) is 0 Å². The molecule has 0 saturated carbocycles. The first-order valence-electron chi connectivity index (χ1n) is 4.82. The van der Waals surface area contributed by atoms with Crippen LogP contribution in [0.2, 0.25) is 0 Å². The van der Waals surface area contributed by atoms with Crippen LogP contribution < -0.4 is 5.73 Å². The van der Waals surface area contributed by atoms with E-state index >= 15 is 0 Å². The molecule has 66 valence electrons. The molecule has 0 aliphatic rings. The molecular weight excluding hydrogens is 158 g/mol. The van der Waals surface area contributed by atoms with Crippen molar-refractivity contribution in [1.82, 2.24) is 9.55 Å². The SMILES string of the molecule is [2H]C([2H])([2H])[C@@H](N)Cc1cn(C(=O)O)cn1. The second-order valence-corrected chi connectivity index (χ2v) is 2.37. The third kappa shape index (κ3) is 2.06. The van der Waals surface area contributed by atoms with Crippen LogP contribution in [0.1, 0.15) is 16.7 Å². The third-order valence-electron chi connectivity index (χ3n) is 1.29. The van der Waals surface area contributed by atoms with Crippen molar-refractivity contribution in [2.45, 2.75) is 19.3 Å². The lowest BCUT2D eigenvalue weighted by molar-refractivity contribution is 0.196. The Morgan fingerprint density at radius 3 is 3.33 bits per heavy atom. The Bertz CT molecular complexity index is 361. The van der Waals surface area contributed by atoms with E-state index in [1.165, 1.54) is 6.20 Å². The minimum absolute atomic E-state index is 0.0246. The maximum atomic E-state index is 10.5. The zero-order valence-electron chi connectivity index (χ0n) is 9.27. The molecule has 0 bridgehead atoms. The van der Waals surface area contributed by atoms with Gasteiger partial charge in [-0.1, -0.05) is 0 Å². The maximum Gasteiger partial charge on any atom is 0.416 e. The molecule has 0 aliphatic carbocycles. The standard InChI is InChI=1S/C7H11N3O2/c1-5(8)2-6-3-10(4-9-6)7(11)12/h3-5H,2,8H2,1H3,(H,11,12)/t5-/m1/s1/i1D3. The van der Waals surface area contributed by atoms with Crippen LogP contribution in [0, 0.1) is 0 Å². The Hall–Kier alpha value is -1.36. The van der Waals surface area contributed by atoms with Crippen LogP contribution in [-0.4, -0.2) is 26.8 Å². The van der Waals surface area contributed by atoms with Gasteiger partial charge in [0.15, 0.2) is 0 Å². The van der Waals surface area contributed by atoms with E-state index in [1.807, 2.05) is 0 Å². The monoisotopic (exact) mass is 172 g/mol. The molecule has 5 heteroatoms. The molecule has 0 radical (unpaired) electrons. The van der Waals surface area contributed by atoms with Gasteiger partial charge in [0.2, 0.25) is 0 Å². The molecule has 0 aromatic carbocycles. The second kappa shape index (κ2) is 3.36. The summed E-state index contributed by atoms with van der Waals surface area (Å²) < 4.78 is 22.0. The van der Waals surface area contributed by atoms with Gasteiger partial charge in [-0.15, -0.1) is 0 Å². The first-order chi connectivity index (χ1) is 6.80. The Labute approximate surface area is 74.0 Å². The second-order valence-electron chi connectivity index (χ2n) is 2.37. The topological polar surface area (TPSA) is 81.1 Å². The fourth-order valence-corrected chi connectivity index (χ4v) is 0.799. The van der Waals surface area contributed by atoms with E-state index in [0.29, 0.717) is 5.69 Å². The summed E-state index contributed by atoms with van der Waals surface area (Å²) in [6, 6.07) is -1.03. The predicted molar refractivity (Wildman–Crippen MR) is 43.0 cm³/mol. The molecule has 0 saturated heterocycles. The zero-order chi connectivity index (χ0) is 11.6. The van der Waals surface area contributed by atoms with Crippen LogP contribution in [0.5, 0.6) is 0 Å². The highest BCUT2D eigenvalue weighted by Crippen LogP contribution is 1.98. The van der Waals surface area contributed by atoms with Crippen molar-refractivity contribution in [1.29, 1.82) is 0 Å². The van der Waals surface area contributed by atoms with Crippen molar-refractivity contribution in [2.75, 3.05) is 0 Å². The first kappa shape index (κ1) is 5.31. The summed E-state index contributed by atoms with van der Waals surface area (Å²) in [7, 11) is 0. The van der Waals surface area contributed by atoms with Gasteiger partial charge in [0.05, 0.1) is 5.69 Å². The largest absolute Gasteiger partial charge is 0.464 e. The average Bonchev–Trinajstić information content (AvgIpc) is 2.50. The maximum absolute atomic E-state index is 10.5. The molecule has 1 rings (SSSR count). The van der Waals surface area contributed by atoms with Gasteiger partial charge in [0, 0.05) is 22.8 Å². The number of aromatic nitrogens is 2. The smallest absolute Gasteiger partial charge is 0.416 e. The van der Waals surface area contributed by atoms with Crippen molar-refractivity contribution in [3.05, 3.63) is 18.2 Å². The molecule has 1 aromatic heterocycles. The predicted octanol–water partition coefficient (Wildman–Crippen LogP) is 0.299. The normalized spacial score (nSPS) is 17.6. The molecule has 0 spiro atoms. The molecule has 1 heterocycles. The van der Waals surface area contributed by atoms with Crippen LogP contribution in [0.3, 0.4) is 0 Å². The summed E-state index contributed by atoms with van der Waals surface area (Å²) >= 11 is 0. The van der Waals surface area contributed by atoms with E-state index < -0.39 is 19.0 Å². The first-order valence-corrected chi connectivity index (χ1v) is 3.32. The molecule has 1 aromatic rings. The summed E-state index contributed by atoms with van der Waals surface area (Å²) in [6.07, 6.45) is 1.20. The van der Waals surface area contributed by atoms with Crippen molar-refractivity contribution in [2.24, 2.45) is 5.73 Å². The molecule has 1 atom stereocenters. The number of nitrogens with zero attached hydrogens (tertiary/aromatic N) is 2. The number of nitrogens with two attached hydrogens (primary N) is 1. The summed E-state index contributed by atoms with van der Waals surface area (Å²) in [6.45, 7) is -2.26. The highest BCUT2D eigenvalue weighted by atomic mass is 16.4. The minimum Gasteiger partial charge on any atom is -0.464 e. The Morgan fingerprint density at radius 2 is 2.83 bits per heavy atom. The number of rotatable bonds is 2. The lowest BCUT2D eigenvalue weighted by atomic mass is 10.2. The van der Waals surface area contributed by atoms with Gasteiger partial charge in [-0.05, 0) is 6.85 Å². The Balaban J connectivity index is 2.69. The lowest BCUT2D eigenvalue weighted by Crippen LogP contribution is -2.17. The molecule has 3 N–H and O–H groups in total. The number of carboxylic acid groups (broad SMARTS) is 1. The van der Waals surface area contributed by atoms with Crippen LogP contribution in [0.4, 0.5) is 4.79 Å². The third-order valence-corrected chi connectivity index (χ3v) is 1.29. The minimum atomic E-state index is -2.26. The van der Waals surface area contributed by atoms with Gasteiger partial charge in [0.25, 0.3) is 0 Å². The zero-order valence-corrected chi connectivity index (χ0v) is 6.27. The van der Waals surface area contributed by atoms with Crippen LogP contribution >= 0.6 is 0 Å². The van der Waals surface area contributed by atoms with Crippen LogP contribution in [0.25, 0.3) is 0 Å². The molecule has 0 aliphatic heterocycles. The van der Waals surface area contributed by atoms with Gasteiger partial charge in [0.1, 0.15) is 6.33 Å². The van der Waals surface area contributed by atoms with Gasteiger partial charge >= 0.3 is 6.09 Å². The Kier molecular flexibility index (Phi) is 1.49. The molecule has 5 nitrogen and oxygen atoms in total. The summed E-state index contributed by atoms with van der Waals surface area (Å²) in [5, 5.41) is 8.57. The van der Waals surface area contributed by atoms with E-state index in [1.54, 1.807) is 0 Å². The van der Waals surface area contributed by atoms with Crippen LogP contribution in [-0.2, 0) is 6.42 Å². The Morgan fingerprint density at radius 1 is 2.08 bits per heavy atom. The van der Waals surface area contributed by atoms with Crippen molar-refractivity contribution < 1.29 is 14.0 Å². The number of imidazole rings is 1. The molecule has 0 unspecified atom stereocenters. The molecule has 12 heavy (non-hydrogen) atoms. The average molecular weight is 172 g/mol. The van der Waals surface area contributed by atoms with Crippen LogP contribution in [0.15, 0.2) is 12.5 Å². The fourth-order valence-electron chi connectivity index (χ4n) is 0.799. The van der Waals surface area contributed by atoms with Gasteiger partial charge < -0.3 is 10.8 Å². The highest BCUT2D eigenvalue weighted by Gasteiger charge is 2.04. The van der Waals surface area contributed by atoms with E-state index in [-0.39, 0.29) is 6.42 Å². The summed E-state index contributed by atoms with van der Waals surface area (Å²) in [5.74, 6) is 0. The van der Waals surface area contributed by atoms with E-state index in [2.05, 4.69) is 4.98 Å². The molecule has 0 amide bonds. The number of hydrogen-bond acceptors (Lipinski definition) is 3. The van der Waals surface area contributed by atoms with E-state index in [9.17, 15) is 4.79 Å². The molecular formula is C7H11N3O2. The van der Waals surface area contributed by atoms with Crippen molar-refractivity contribution >= 4 is 6.09 Å². The van der Waals surface area contributed by atoms with E-state index in [4.69, 9.17) is 15.0 Å². The molecule has 0 fully saturated rings. The quantitative estimate of drug-likeness (QED) is 0.672. The highest BCUT2D eigenvalue weighted by molar-refractivity contribution is 5.67. The summed E-state index contributed by atoms with van der Waals surface area (Å²) in [4.78, 5) is 14.2. The summed E-state index contributed by atoms with van der Waals surface area (Å²) in [5.41, 5.74) is 5.76. The van der Waals surface area contributed by atoms with Gasteiger partial charge in [-0.2, -0.15) is 0 Å². The van der Waals surface area contributed by atoms with Gasteiger partial charge in [-0.25, -0.2) is 14.3 Å². The number of carbonyl (C=O) groups is 1. The number of hydrogen-bond donors (Lipinski definition) is 2. The van der Waals surface area contributed by atoms with Crippen molar-refractivity contribution in [3.8, 4) is 0 Å². The fraction of sp³-hybridized carbons (Fsp3) is 0.429.